The van der Waals surface area contributed by atoms with Gasteiger partial charge in [0.1, 0.15) is 27.6 Å². The number of carboxylic acid groups (broad SMARTS) is 1. The summed E-state index contributed by atoms with van der Waals surface area (Å²) in [5.74, 6) is -2.85. The first-order chi connectivity index (χ1) is 12.6. The van der Waals surface area contributed by atoms with E-state index in [-0.39, 0.29) is 41.4 Å². The number of aromatic nitrogens is 1. The molecule has 28 heavy (non-hydrogen) atoms. The summed E-state index contributed by atoms with van der Waals surface area (Å²) in [6.07, 6.45) is 0. The van der Waals surface area contributed by atoms with Crippen LogP contribution in [0, 0.1) is 5.95 Å². The fourth-order valence-electron chi connectivity index (χ4n) is 2.21. The lowest BCUT2D eigenvalue weighted by Crippen LogP contribution is -2.33. The van der Waals surface area contributed by atoms with Crippen LogP contribution in [0.1, 0.15) is 32.8 Å². The summed E-state index contributed by atoms with van der Waals surface area (Å²) in [4.78, 5) is 14.5. The normalized spacial score (nSPS) is 11.7. The highest BCUT2D eigenvalue weighted by molar-refractivity contribution is 6.38. The fraction of sp³-hybridized carbons (Fsp3) is 0.333. The minimum atomic E-state index is -1.45. The topological polar surface area (TPSA) is 112 Å². The second kappa shape index (κ2) is 9.77. The van der Waals surface area contributed by atoms with Gasteiger partial charge in [-0.2, -0.15) is 9.37 Å². The van der Waals surface area contributed by atoms with E-state index in [2.05, 4.69) is 10.3 Å². The average Bonchev–Trinajstić information content (AvgIpc) is 2.61. The number of nitrogens with one attached hydrogen (secondary N) is 1. The third-order valence-corrected chi connectivity index (χ3v) is 4.31. The van der Waals surface area contributed by atoms with Crippen molar-refractivity contribution < 1.29 is 29.2 Å². The third kappa shape index (κ3) is 5.15. The number of pyridine rings is 1. The summed E-state index contributed by atoms with van der Waals surface area (Å²) < 4.78 is 19.7. The van der Waals surface area contributed by atoms with Gasteiger partial charge in [-0.05, 0) is 24.1 Å². The number of aliphatic carboxylic acids is 1. The molecular weight excluding hydrogens is 414 g/mol. The summed E-state index contributed by atoms with van der Waals surface area (Å²) in [5.41, 5.74) is 0.596. The number of anilines is 1. The van der Waals surface area contributed by atoms with Gasteiger partial charge < -0.3 is 25.4 Å². The van der Waals surface area contributed by atoms with Gasteiger partial charge in [0.05, 0.1) is 6.61 Å². The van der Waals surface area contributed by atoms with Gasteiger partial charge in [-0.1, -0.05) is 44.5 Å². The number of ether oxygens (including phenoxy) is 1. The number of nitrogens with zero attached hydrogens (tertiary/aromatic N) is 1. The van der Waals surface area contributed by atoms with Crippen molar-refractivity contribution in [3.8, 4) is 17.2 Å². The van der Waals surface area contributed by atoms with Crippen LogP contribution in [0.25, 0.3) is 0 Å². The molecule has 7 nitrogen and oxygen atoms in total. The second-order valence-corrected chi connectivity index (χ2v) is 6.66. The molecule has 2 aromatic rings. The van der Waals surface area contributed by atoms with Gasteiger partial charge in [-0.3, -0.25) is 0 Å². The molecule has 0 saturated carbocycles. The standard InChI is InChI=1S/C17H17Cl2FN2O5.CH4/c1-7(2)9-5-8(3-4-11(9)24)27-14-12(18)15(20)22-16(13(14)19)21-10(6-23)17(25)26;/h3-5,7,10,23-24H,6H2,1-2H3,(H,21,22)(H,25,26);1H4/t10-;/m1./s1. The summed E-state index contributed by atoms with van der Waals surface area (Å²) >= 11 is 12.0. The first-order valence-corrected chi connectivity index (χ1v) is 8.56. The Hall–Kier alpha value is -2.29. The molecule has 0 amide bonds. The van der Waals surface area contributed by atoms with Gasteiger partial charge in [0, 0.05) is 5.56 Å². The number of hydrogen-bond acceptors (Lipinski definition) is 6. The number of carbonyl (C=O) groups is 1. The van der Waals surface area contributed by atoms with Crippen molar-refractivity contribution in [3.05, 3.63) is 39.8 Å². The lowest BCUT2D eigenvalue weighted by molar-refractivity contribution is -0.138. The number of aromatic hydroxyl groups is 1. The number of aliphatic hydroxyl groups is 1. The van der Waals surface area contributed by atoms with Crippen LogP contribution in [-0.2, 0) is 4.79 Å². The SMILES string of the molecule is C.CC(C)c1cc(Oc2c(Cl)c(F)nc(N[C@H](CO)C(=O)O)c2Cl)ccc1O. The fourth-order valence-corrected chi connectivity index (χ4v) is 2.66. The lowest BCUT2D eigenvalue weighted by atomic mass is 10.0. The smallest absolute Gasteiger partial charge is 0.328 e. The van der Waals surface area contributed by atoms with Crippen molar-refractivity contribution in [2.24, 2.45) is 0 Å². The molecule has 0 radical (unpaired) electrons. The maximum absolute atomic E-state index is 14.1. The lowest BCUT2D eigenvalue weighted by Gasteiger charge is -2.17. The van der Waals surface area contributed by atoms with Crippen LogP contribution in [0.15, 0.2) is 18.2 Å². The van der Waals surface area contributed by atoms with Gasteiger partial charge in [-0.25, -0.2) is 4.79 Å². The zero-order valence-corrected chi connectivity index (χ0v) is 15.8. The Morgan fingerprint density at radius 2 is 1.96 bits per heavy atom. The van der Waals surface area contributed by atoms with Crippen molar-refractivity contribution in [3.63, 3.8) is 0 Å². The van der Waals surface area contributed by atoms with Crippen molar-refractivity contribution in [2.45, 2.75) is 33.2 Å². The molecule has 0 aliphatic heterocycles. The number of benzene rings is 1. The van der Waals surface area contributed by atoms with Gasteiger partial charge in [-0.15, -0.1) is 0 Å². The molecule has 0 fully saturated rings. The molecule has 0 saturated heterocycles. The number of hydrogen-bond donors (Lipinski definition) is 4. The van der Waals surface area contributed by atoms with E-state index < -0.39 is 29.6 Å². The quantitative estimate of drug-likeness (QED) is 0.469. The van der Waals surface area contributed by atoms with Crippen molar-refractivity contribution in [2.75, 3.05) is 11.9 Å². The maximum atomic E-state index is 14.1. The predicted octanol–water partition coefficient (Wildman–Crippen LogP) is 4.64. The number of phenols is 1. The third-order valence-electron chi connectivity index (χ3n) is 3.63. The maximum Gasteiger partial charge on any atom is 0.328 e. The van der Waals surface area contributed by atoms with Crippen LogP contribution in [0.4, 0.5) is 10.2 Å². The molecule has 1 aromatic carbocycles. The van der Waals surface area contributed by atoms with E-state index in [1.54, 1.807) is 6.07 Å². The molecule has 154 valence electrons. The Morgan fingerprint density at radius 3 is 2.50 bits per heavy atom. The predicted molar refractivity (Wildman–Crippen MR) is 105 cm³/mol. The minimum absolute atomic E-state index is 0. The van der Waals surface area contributed by atoms with Crippen LogP contribution in [-0.4, -0.2) is 38.9 Å². The first kappa shape index (κ1) is 23.7. The average molecular weight is 435 g/mol. The zero-order valence-electron chi connectivity index (χ0n) is 14.3. The van der Waals surface area contributed by atoms with Gasteiger partial charge in [0.15, 0.2) is 11.6 Å². The van der Waals surface area contributed by atoms with Crippen LogP contribution < -0.4 is 10.1 Å². The van der Waals surface area contributed by atoms with Gasteiger partial charge in [0.2, 0.25) is 5.95 Å². The van der Waals surface area contributed by atoms with E-state index in [0.717, 1.165) is 0 Å². The van der Waals surface area contributed by atoms with Gasteiger partial charge in [0.25, 0.3) is 0 Å². The number of halogens is 3. The van der Waals surface area contributed by atoms with E-state index in [1.807, 2.05) is 13.8 Å². The van der Waals surface area contributed by atoms with E-state index in [0.29, 0.717) is 5.56 Å². The Labute approximate surface area is 171 Å². The molecule has 0 aliphatic rings. The molecule has 1 atom stereocenters. The largest absolute Gasteiger partial charge is 0.508 e. The molecule has 0 aliphatic carbocycles. The highest BCUT2D eigenvalue weighted by atomic mass is 35.5. The molecule has 4 N–H and O–H groups in total. The molecule has 0 spiro atoms. The molecular formula is C18H21Cl2FN2O5. The number of rotatable bonds is 7. The van der Waals surface area contributed by atoms with Crippen molar-refractivity contribution in [1.29, 1.82) is 0 Å². The summed E-state index contributed by atoms with van der Waals surface area (Å²) in [7, 11) is 0. The van der Waals surface area contributed by atoms with Crippen LogP contribution in [0.3, 0.4) is 0 Å². The zero-order chi connectivity index (χ0) is 20.3. The Bertz CT molecular complexity index is 864. The summed E-state index contributed by atoms with van der Waals surface area (Å²) in [6.45, 7) is 2.96. The highest BCUT2D eigenvalue weighted by Gasteiger charge is 2.24. The minimum Gasteiger partial charge on any atom is -0.508 e. The Kier molecular flexibility index (Phi) is 8.29. The number of phenolic OH excluding ortho intramolecular Hbond substituents is 1. The van der Waals surface area contributed by atoms with Crippen LogP contribution in [0.2, 0.25) is 10.0 Å². The van der Waals surface area contributed by atoms with Crippen molar-refractivity contribution in [1.82, 2.24) is 4.98 Å². The van der Waals surface area contributed by atoms with Crippen LogP contribution in [0.5, 0.6) is 17.2 Å². The molecule has 1 heterocycles. The van der Waals surface area contributed by atoms with Crippen LogP contribution >= 0.6 is 23.2 Å². The summed E-state index contributed by atoms with van der Waals surface area (Å²) in [5, 5.41) is 29.5. The van der Waals surface area contributed by atoms with E-state index in [4.69, 9.17) is 38.2 Å². The van der Waals surface area contributed by atoms with E-state index in [1.165, 1.54) is 12.1 Å². The highest BCUT2D eigenvalue weighted by Crippen LogP contribution is 2.42. The molecule has 0 bridgehead atoms. The molecule has 1 aromatic heterocycles. The van der Waals surface area contributed by atoms with Crippen molar-refractivity contribution >= 4 is 35.0 Å². The second-order valence-electron chi connectivity index (χ2n) is 5.90. The van der Waals surface area contributed by atoms with Gasteiger partial charge >= 0.3 is 5.97 Å². The molecule has 0 unspecified atom stereocenters. The summed E-state index contributed by atoms with van der Waals surface area (Å²) in [6, 6.07) is 2.94. The van der Waals surface area contributed by atoms with E-state index in [9.17, 15) is 14.3 Å². The monoisotopic (exact) mass is 434 g/mol. The first-order valence-electron chi connectivity index (χ1n) is 7.81. The number of aliphatic hydroxyl groups excluding tert-OH is 1. The Balaban J connectivity index is 0.00000392. The number of carboxylic acids is 1. The molecule has 10 heteroatoms. The Morgan fingerprint density at radius 1 is 1.32 bits per heavy atom. The molecule has 2 rings (SSSR count). The van der Waals surface area contributed by atoms with E-state index >= 15 is 0 Å².